The average Bonchev–Trinajstić information content (AvgIpc) is 1.97. The van der Waals surface area contributed by atoms with E-state index in [4.69, 9.17) is 0 Å². The maximum Gasteiger partial charge on any atom is 0.183 e. The third-order valence-corrected chi connectivity index (χ3v) is 33.8. The van der Waals surface area contributed by atoms with Gasteiger partial charge in [0.1, 0.15) is 0 Å². The van der Waals surface area contributed by atoms with Gasteiger partial charge < -0.3 is 27.9 Å². The molecule has 6 nitrogen and oxygen atoms in total. The largest absolute Gasteiger partial charge is 0.336 e. The highest BCUT2D eigenvalue weighted by atomic mass is 28.5. The maximum atomic E-state index is 3.78. The molecule has 0 bridgehead atoms. The van der Waals surface area contributed by atoms with E-state index in [0.29, 0.717) is 0 Å². The van der Waals surface area contributed by atoms with Crippen LogP contribution in [-0.4, -0.2) is 50.4 Å². The normalized spacial score (nSPS) is 31.5. The number of nitrogens with one attached hydrogen (secondary N) is 6. The maximum absolute atomic E-state index is 3.78. The molecule has 2 rings (SSSR count). The lowest BCUT2D eigenvalue weighted by molar-refractivity contribution is 1.04. The second-order valence-electron chi connectivity index (χ2n) is 10.5. The van der Waals surface area contributed by atoms with Crippen molar-refractivity contribution in [2.24, 2.45) is 0 Å². The minimum atomic E-state index is -1.30. The standard InChI is InChI=1S/2C6H21N3Si3/c2*1-10(2)7-11(3,4)9-12(5,6)8-10/h2*7-9H,1-6H3. The third kappa shape index (κ3) is 8.17. The second kappa shape index (κ2) is 6.90. The summed E-state index contributed by atoms with van der Waals surface area (Å²) in [5, 5.41) is 0. The fraction of sp³-hybridized carbons (Fsp3) is 1.00. The Labute approximate surface area is 156 Å². The minimum Gasteiger partial charge on any atom is -0.336 e. The number of rotatable bonds is 0. The van der Waals surface area contributed by atoms with Crippen LogP contribution in [0.25, 0.3) is 0 Å². The molecule has 0 aromatic rings. The smallest absolute Gasteiger partial charge is 0.183 e. The summed E-state index contributed by atoms with van der Waals surface area (Å²) in [5.74, 6) is 0. The van der Waals surface area contributed by atoms with Gasteiger partial charge >= 0.3 is 0 Å². The van der Waals surface area contributed by atoms with Gasteiger partial charge in [-0.3, -0.25) is 0 Å². The molecule has 0 radical (unpaired) electrons. The molecule has 0 aromatic carbocycles. The fourth-order valence-electron chi connectivity index (χ4n) is 4.88. The monoisotopic (exact) mass is 438 g/mol. The first-order chi connectivity index (χ1) is 10.2. The zero-order valence-corrected chi connectivity index (χ0v) is 24.0. The summed E-state index contributed by atoms with van der Waals surface area (Å²) in [5.41, 5.74) is 0. The van der Waals surface area contributed by atoms with E-state index in [1.165, 1.54) is 0 Å². The molecule has 6 N–H and O–H groups in total. The first kappa shape index (κ1) is 23.1. The van der Waals surface area contributed by atoms with E-state index in [-0.39, 0.29) is 0 Å². The van der Waals surface area contributed by atoms with E-state index in [9.17, 15) is 0 Å². The highest BCUT2D eigenvalue weighted by Crippen LogP contribution is 2.12. The SMILES string of the molecule is C[Si]1(C)N[Si](C)(C)N[Si](C)(C)N1.C[Si]1(C)N[Si](C)(C)N[Si](C)(C)N1. The Morgan fingerprint density at radius 3 is 0.417 bits per heavy atom. The van der Waals surface area contributed by atoms with Crippen LogP contribution in [0.3, 0.4) is 0 Å². The highest BCUT2D eigenvalue weighted by molar-refractivity contribution is 7.05. The van der Waals surface area contributed by atoms with Gasteiger partial charge in [-0.25, -0.2) is 0 Å². The molecular weight excluding hydrogens is 397 g/mol. The Morgan fingerprint density at radius 1 is 0.250 bits per heavy atom. The van der Waals surface area contributed by atoms with Crippen LogP contribution in [-0.2, 0) is 0 Å². The number of hydrogen-bond acceptors (Lipinski definition) is 6. The quantitative estimate of drug-likeness (QED) is 0.324. The Kier molecular flexibility index (Phi) is 6.64. The zero-order chi connectivity index (χ0) is 19.2. The molecule has 0 aliphatic carbocycles. The predicted octanol–water partition coefficient (Wildman–Crippen LogP) is 1.75. The second-order valence-corrected chi connectivity index (χ2v) is 36.0. The van der Waals surface area contributed by atoms with Crippen LogP contribution in [0.5, 0.6) is 0 Å². The lowest BCUT2D eigenvalue weighted by Gasteiger charge is -2.49. The van der Waals surface area contributed by atoms with E-state index < -0.39 is 50.4 Å². The molecule has 144 valence electrons. The summed E-state index contributed by atoms with van der Waals surface area (Å²) in [6.07, 6.45) is 0. The average molecular weight is 439 g/mol. The molecule has 0 saturated carbocycles. The van der Waals surface area contributed by atoms with Gasteiger partial charge in [-0.1, -0.05) is 0 Å². The van der Waals surface area contributed by atoms with Crippen LogP contribution in [0.15, 0.2) is 0 Å². The molecule has 0 aromatic heterocycles. The third-order valence-electron chi connectivity index (χ3n) is 3.75. The predicted molar refractivity (Wildman–Crippen MR) is 124 cm³/mol. The van der Waals surface area contributed by atoms with E-state index in [1.807, 2.05) is 0 Å². The van der Waals surface area contributed by atoms with Crippen molar-refractivity contribution in [3.8, 4) is 0 Å². The van der Waals surface area contributed by atoms with Gasteiger partial charge in [-0.2, -0.15) is 0 Å². The Balaban J connectivity index is 0.000000240. The molecule has 2 aliphatic heterocycles. The molecule has 2 heterocycles. The van der Waals surface area contributed by atoms with Gasteiger partial charge in [0.2, 0.25) is 0 Å². The van der Waals surface area contributed by atoms with Crippen molar-refractivity contribution < 1.29 is 0 Å². The van der Waals surface area contributed by atoms with Gasteiger partial charge in [0.05, 0.1) is 0 Å². The summed E-state index contributed by atoms with van der Waals surface area (Å²) >= 11 is 0. The Bertz CT molecular complexity index is 332. The molecule has 0 amide bonds. The van der Waals surface area contributed by atoms with E-state index in [2.05, 4.69) is 106 Å². The first-order valence-electron chi connectivity index (χ1n) is 9.00. The van der Waals surface area contributed by atoms with Crippen molar-refractivity contribution in [3.05, 3.63) is 0 Å². The zero-order valence-electron chi connectivity index (χ0n) is 18.0. The summed E-state index contributed by atoms with van der Waals surface area (Å²) in [6, 6.07) is 0. The van der Waals surface area contributed by atoms with Crippen molar-refractivity contribution in [2.75, 3.05) is 0 Å². The van der Waals surface area contributed by atoms with Gasteiger partial charge in [0.25, 0.3) is 0 Å². The Hall–Kier alpha value is 1.06. The van der Waals surface area contributed by atoms with E-state index >= 15 is 0 Å². The van der Waals surface area contributed by atoms with Crippen LogP contribution < -0.4 is 27.9 Å². The van der Waals surface area contributed by atoms with Gasteiger partial charge in [-0.15, -0.1) is 0 Å². The summed E-state index contributed by atoms with van der Waals surface area (Å²) in [7, 11) is -7.80. The van der Waals surface area contributed by atoms with Gasteiger partial charge in [0.15, 0.2) is 50.4 Å². The van der Waals surface area contributed by atoms with Crippen molar-refractivity contribution in [3.63, 3.8) is 0 Å². The minimum absolute atomic E-state index is 1.30. The van der Waals surface area contributed by atoms with E-state index in [1.54, 1.807) is 0 Å². The summed E-state index contributed by atoms with van der Waals surface area (Å²) in [4.78, 5) is 0. The Morgan fingerprint density at radius 2 is 0.333 bits per heavy atom. The topological polar surface area (TPSA) is 72.2 Å². The molecule has 2 fully saturated rings. The molecule has 0 unspecified atom stereocenters. The molecular formula is C12H42N6Si6. The fourth-order valence-corrected chi connectivity index (χ4v) is 47.2. The molecule has 12 heteroatoms. The molecule has 2 saturated heterocycles. The molecule has 24 heavy (non-hydrogen) atoms. The van der Waals surface area contributed by atoms with Crippen LogP contribution in [0.4, 0.5) is 0 Å². The van der Waals surface area contributed by atoms with E-state index in [0.717, 1.165) is 0 Å². The van der Waals surface area contributed by atoms with Gasteiger partial charge in [0, 0.05) is 0 Å². The lowest BCUT2D eigenvalue weighted by atomic mass is 11.9. The molecule has 0 spiro atoms. The van der Waals surface area contributed by atoms with Crippen molar-refractivity contribution in [2.45, 2.75) is 78.6 Å². The first-order valence-corrected chi connectivity index (χ1v) is 27.0. The summed E-state index contributed by atoms with van der Waals surface area (Å²) < 4.78 is 22.7. The van der Waals surface area contributed by atoms with Crippen molar-refractivity contribution in [1.29, 1.82) is 0 Å². The molecule has 0 atom stereocenters. The highest BCUT2D eigenvalue weighted by Gasteiger charge is 2.45. The molecule has 2 aliphatic rings. The van der Waals surface area contributed by atoms with Crippen LogP contribution >= 0.6 is 0 Å². The summed E-state index contributed by atoms with van der Waals surface area (Å²) in [6.45, 7) is 28.3. The van der Waals surface area contributed by atoms with Gasteiger partial charge in [-0.05, 0) is 78.6 Å². The van der Waals surface area contributed by atoms with Crippen molar-refractivity contribution in [1.82, 2.24) is 27.9 Å². The lowest BCUT2D eigenvalue weighted by Crippen LogP contribution is -2.87. The van der Waals surface area contributed by atoms with Crippen molar-refractivity contribution >= 4 is 50.4 Å². The number of hydrogen-bond donors (Lipinski definition) is 6. The van der Waals surface area contributed by atoms with Crippen LogP contribution in [0.2, 0.25) is 78.6 Å². The van der Waals surface area contributed by atoms with Crippen LogP contribution in [0, 0.1) is 0 Å². The van der Waals surface area contributed by atoms with Crippen LogP contribution in [0.1, 0.15) is 0 Å².